The van der Waals surface area contributed by atoms with E-state index < -0.39 is 17.2 Å². The third kappa shape index (κ3) is 2.74. The minimum absolute atomic E-state index is 0.0960. The predicted octanol–water partition coefficient (Wildman–Crippen LogP) is 2.33. The van der Waals surface area contributed by atoms with Gasteiger partial charge >= 0.3 is 5.97 Å². The van der Waals surface area contributed by atoms with Crippen LogP contribution in [0.25, 0.3) is 11.0 Å². The van der Waals surface area contributed by atoms with Crippen LogP contribution in [-0.2, 0) is 11.3 Å². The molecule has 3 rings (SSSR count). The molecule has 0 aliphatic carbocycles. The first kappa shape index (κ1) is 16.4. The molecule has 1 aliphatic rings. The number of carbonyl (C=O) groups excluding carboxylic acids is 1. The number of esters is 1. The van der Waals surface area contributed by atoms with Crippen LogP contribution in [0.4, 0.5) is 10.2 Å². The molecule has 0 atom stereocenters. The van der Waals surface area contributed by atoms with E-state index in [2.05, 4.69) is 4.98 Å². The Morgan fingerprint density at radius 2 is 2.04 bits per heavy atom. The van der Waals surface area contributed by atoms with Crippen molar-refractivity contribution in [1.29, 1.82) is 0 Å². The molecule has 0 N–H and O–H groups in total. The van der Waals surface area contributed by atoms with Gasteiger partial charge in [0.05, 0.1) is 12.0 Å². The van der Waals surface area contributed by atoms with Crippen LogP contribution in [0.3, 0.4) is 0 Å². The number of nitrogens with zero attached hydrogens (tertiary/aromatic N) is 3. The zero-order valence-electron chi connectivity index (χ0n) is 13.8. The van der Waals surface area contributed by atoms with Crippen molar-refractivity contribution in [2.75, 3.05) is 24.6 Å². The fourth-order valence-corrected chi connectivity index (χ4v) is 3.02. The average Bonchev–Trinajstić information content (AvgIpc) is 3.09. The summed E-state index contributed by atoms with van der Waals surface area (Å²) in [5.74, 6) is -0.966. The Bertz CT molecular complexity index is 841. The van der Waals surface area contributed by atoms with Gasteiger partial charge < -0.3 is 14.2 Å². The second-order valence-corrected chi connectivity index (χ2v) is 5.74. The van der Waals surface area contributed by atoms with Gasteiger partial charge in [0.1, 0.15) is 11.2 Å². The van der Waals surface area contributed by atoms with E-state index in [1.165, 1.54) is 12.3 Å². The Morgan fingerprint density at radius 3 is 2.67 bits per heavy atom. The van der Waals surface area contributed by atoms with E-state index in [9.17, 15) is 14.0 Å². The van der Waals surface area contributed by atoms with Gasteiger partial charge in [-0.25, -0.2) is 14.2 Å². The zero-order chi connectivity index (χ0) is 17.3. The Labute approximate surface area is 138 Å². The lowest BCUT2D eigenvalue weighted by atomic mass is 10.2. The number of pyridine rings is 2. The summed E-state index contributed by atoms with van der Waals surface area (Å²) >= 11 is 0. The normalized spacial score (nSPS) is 14.4. The highest BCUT2D eigenvalue weighted by Crippen LogP contribution is 2.24. The molecule has 0 unspecified atom stereocenters. The van der Waals surface area contributed by atoms with Gasteiger partial charge in [-0.2, -0.15) is 0 Å². The minimum atomic E-state index is -0.698. The molecule has 2 aromatic heterocycles. The third-order valence-corrected chi connectivity index (χ3v) is 4.23. The maximum absolute atomic E-state index is 14.5. The Morgan fingerprint density at radius 1 is 1.33 bits per heavy atom. The lowest BCUT2D eigenvalue weighted by Crippen LogP contribution is -2.24. The van der Waals surface area contributed by atoms with Gasteiger partial charge in [-0.15, -0.1) is 0 Å². The van der Waals surface area contributed by atoms with Crippen molar-refractivity contribution in [2.24, 2.45) is 0 Å². The molecule has 24 heavy (non-hydrogen) atoms. The Hall–Kier alpha value is -2.44. The summed E-state index contributed by atoms with van der Waals surface area (Å²) in [4.78, 5) is 30.8. The standard InChI is InChI=1S/C17H20FN3O3/c1-3-20-10-12(17(23)24-4-2)14(22)11-9-13(18)16(19-15(11)20)21-7-5-6-8-21/h9-10H,3-8H2,1-2H3. The highest BCUT2D eigenvalue weighted by atomic mass is 19.1. The topological polar surface area (TPSA) is 64.4 Å². The first-order chi connectivity index (χ1) is 11.6. The third-order valence-electron chi connectivity index (χ3n) is 4.23. The van der Waals surface area contributed by atoms with Gasteiger partial charge in [0.25, 0.3) is 0 Å². The molecule has 0 bridgehead atoms. The van der Waals surface area contributed by atoms with Gasteiger partial charge in [-0.1, -0.05) is 0 Å². The number of aromatic nitrogens is 2. The maximum atomic E-state index is 14.5. The first-order valence-electron chi connectivity index (χ1n) is 8.22. The number of ether oxygens (including phenoxy) is 1. The van der Waals surface area contributed by atoms with Crippen LogP contribution >= 0.6 is 0 Å². The van der Waals surface area contributed by atoms with Crippen molar-refractivity contribution in [3.63, 3.8) is 0 Å². The van der Waals surface area contributed by atoms with E-state index in [0.717, 1.165) is 25.9 Å². The molecule has 1 fully saturated rings. The van der Waals surface area contributed by atoms with E-state index in [1.54, 1.807) is 11.5 Å². The monoisotopic (exact) mass is 333 g/mol. The second-order valence-electron chi connectivity index (χ2n) is 5.74. The maximum Gasteiger partial charge on any atom is 0.343 e. The van der Waals surface area contributed by atoms with Gasteiger partial charge in [-0.05, 0) is 32.8 Å². The van der Waals surface area contributed by atoms with Crippen molar-refractivity contribution in [3.05, 3.63) is 33.9 Å². The van der Waals surface area contributed by atoms with E-state index in [1.807, 2.05) is 11.8 Å². The number of halogens is 1. The molecular formula is C17H20FN3O3. The number of carbonyl (C=O) groups is 1. The van der Waals surface area contributed by atoms with E-state index in [-0.39, 0.29) is 23.4 Å². The van der Waals surface area contributed by atoms with Crippen molar-refractivity contribution >= 4 is 22.8 Å². The number of hydrogen-bond donors (Lipinski definition) is 0. The van der Waals surface area contributed by atoms with Gasteiger partial charge in [-0.3, -0.25) is 4.79 Å². The van der Waals surface area contributed by atoms with Crippen molar-refractivity contribution in [1.82, 2.24) is 9.55 Å². The van der Waals surface area contributed by atoms with Crippen molar-refractivity contribution < 1.29 is 13.9 Å². The fraction of sp³-hybridized carbons (Fsp3) is 0.471. The summed E-state index contributed by atoms with van der Waals surface area (Å²) in [5, 5.41) is 0.0999. The second kappa shape index (κ2) is 6.59. The smallest absolute Gasteiger partial charge is 0.343 e. The molecule has 1 aliphatic heterocycles. The zero-order valence-corrected chi connectivity index (χ0v) is 13.8. The summed E-state index contributed by atoms with van der Waals surface area (Å²) in [6.07, 6.45) is 3.45. The summed E-state index contributed by atoms with van der Waals surface area (Å²) in [7, 11) is 0. The Kier molecular flexibility index (Phi) is 4.51. The van der Waals surface area contributed by atoms with Gasteiger partial charge in [0.2, 0.25) is 5.43 Å². The van der Waals surface area contributed by atoms with E-state index >= 15 is 0 Å². The molecule has 1 saturated heterocycles. The van der Waals surface area contributed by atoms with E-state index in [0.29, 0.717) is 12.2 Å². The number of fused-ring (bicyclic) bond motifs is 1. The molecule has 2 aromatic rings. The molecule has 0 radical (unpaired) electrons. The van der Waals surface area contributed by atoms with Crippen LogP contribution in [0.15, 0.2) is 17.1 Å². The van der Waals surface area contributed by atoms with Crippen LogP contribution in [0, 0.1) is 5.82 Å². The molecule has 3 heterocycles. The average molecular weight is 333 g/mol. The minimum Gasteiger partial charge on any atom is -0.462 e. The van der Waals surface area contributed by atoms with Crippen LogP contribution in [0.2, 0.25) is 0 Å². The molecule has 6 nitrogen and oxygen atoms in total. The lowest BCUT2D eigenvalue weighted by Gasteiger charge is -2.19. The van der Waals surface area contributed by atoms with Crippen molar-refractivity contribution in [3.8, 4) is 0 Å². The van der Waals surface area contributed by atoms with Gasteiger partial charge in [0.15, 0.2) is 11.6 Å². The molecule has 7 heteroatoms. The fourth-order valence-electron chi connectivity index (χ4n) is 3.02. The van der Waals surface area contributed by atoms with Crippen LogP contribution in [-0.4, -0.2) is 35.2 Å². The summed E-state index contributed by atoms with van der Waals surface area (Å²) in [5.41, 5.74) is -0.257. The molecule has 0 spiro atoms. The van der Waals surface area contributed by atoms with Crippen LogP contribution < -0.4 is 10.3 Å². The molecule has 128 valence electrons. The number of anilines is 1. The Balaban J connectivity index is 2.22. The van der Waals surface area contributed by atoms with E-state index in [4.69, 9.17) is 4.74 Å². The largest absolute Gasteiger partial charge is 0.462 e. The SMILES string of the molecule is CCOC(=O)c1cn(CC)c2nc(N3CCCC3)c(F)cc2c1=O. The lowest BCUT2D eigenvalue weighted by molar-refractivity contribution is 0.0524. The summed E-state index contributed by atoms with van der Waals surface area (Å²) in [6.45, 7) is 5.73. The quantitative estimate of drug-likeness (QED) is 0.804. The van der Waals surface area contributed by atoms with Gasteiger partial charge in [0, 0.05) is 25.8 Å². The molecular weight excluding hydrogens is 313 g/mol. The number of aryl methyl sites for hydroxylation is 1. The predicted molar refractivity (Wildman–Crippen MR) is 89.0 cm³/mol. The summed E-state index contributed by atoms with van der Waals surface area (Å²) in [6, 6.07) is 1.19. The number of rotatable bonds is 4. The van der Waals surface area contributed by atoms with Crippen LogP contribution in [0.1, 0.15) is 37.0 Å². The summed E-state index contributed by atoms with van der Waals surface area (Å²) < 4.78 is 21.1. The first-order valence-corrected chi connectivity index (χ1v) is 8.22. The number of hydrogen-bond acceptors (Lipinski definition) is 5. The highest BCUT2D eigenvalue weighted by molar-refractivity contribution is 5.93. The molecule has 0 amide bonds. The molecule has 0 aromatic carbocycles. The van der Waals surface area contributed by atoms with Crippen LogP contribution in [0.5, 0.6) is 0 Å². The highest BCUT2D eigenvalue weighted by Gasteiger charge is 2.22. The van der Waals surface area contributed by atoms with Crippen molar-refractivity contribution in [2.45, 2.75) is 33.2 Å². The molecule has 0 saturated carbocycles.